The molecule has 0 aliphatic carbocycles. The molecule has 3 heterocycles. The van der Waals surface area contributed by atoms with E-state index in [0.29, 0.717) is 31.5 Å². The standard InChI is InChI=1S/C25H29N5O4/c1-18-5-6-21(33-14-11-29-9-12-32-13-10-29)16-22(18)28-24-27-17-23(34-24)19-3-2-4-20(15-19)30-8-7-26-25(30)31/h2-6,15-17H,7-14H2,1H3,(H,26,31)(H,27,28). The Morgan fingerprint density at radius 1 is 1.15 bits per heavy atom. The summed E-state index contributed by atoms with van der Waals surface area (Å²) >= 11 is 0. The Hall–Kier alpha value is -3.56. The molecule has 2 amide bonds. The number of anilines is 3. The van der Waals surface area contributed by atoms with Crippen LogP contribution in [0, 0.1) is 6.92 Å². The summed E-state index contributed by atoms with van der Waals surface area (Å²) in [6, 6.07) is 14.0. The van der Waals surface area contributed by atoms with Crippen molar-refractivity contribution in [3.8, 4) is 17.1 Å². The maximum atomic E-state index is 12.0. The van der Waals surface area contributed by atoms with Crippen LogP contribution in [0.15, 0.2) is 53.1 Å². The number of ether oxygens (including phenoxy) is 2. The van der Waals surface area contributed by atoms with Crippen LogP contribution in [0.4, 0.5) is 22.2 Å². The number of nitrogens with zero attached hydrogens (tertiary/aromatic N) is 3. The van der Waals surface area contributed by atoms with Crippen molar-refractivity contribution < 1.29 is 18.7 Å². The van der Waals surface area contributed by atoms with Gasteiger partial charge in [-0.05, 0) is 30.7 Å². The molecule has 34 heavy (non-hydrogen) atoms. The molecule has 1 aromatic heterocycles. The molecule has 0 spiro atoms. The third-order valence-corrected chi connectivity index (χ3v) is 6.04. The van der Waals surface area contributed by atoms with Gasteiger partial charge in [-0.15, -0.1) is 0 Å². The monoisotopic (exact) mass is 463 g/mol. The predicted molar refractivity (Wildman–Crippen MR) is 130 cm³/mol. The minimum absolute atomic E-state index is 0.0837. The largest absolute Gasteiger partial charge is 0.492 e. The van der Waals surface area contributed by atoms with Gasteiger partial charge in [0.15, 0.2) is 5.76 Å². The first kappa shape index (κ1) is 22.2. The number of amides is 2. The summed E-state index contributed by atoms with van der Waals surface area (Å²) in [5.74, 6) is 1.42. The first-order chi connectivity index (χ1) is 16.7. The minimum Gasteiger partial charge on any atom is -0.492 e. The fraction of sp³-hybridized carbons (Fsp3) is 0.360. The number of morpholine rings is 1. The topological polar surface area (TPSA) is 92.1 Å². The van der Waals surface area contributed by atoms with Crippen molar-refractivity contribution >= 4 is 23.4 Å². The average molecular weight is 464 g/mol. The van der Waals surface area contributed by atoms with Crippen LogP contribution in [-0.4, -0.2) is 68.5 Å². The number of urea groups is 1. The quantitative estimate of drug-likeness (QED) is 0.527. The molecule has 2 aliphatic rings. The van der Waals surface area contributed by atoms with Gasteiger partial charge in [-0.25, -0.2) is 9.78 Å². The molecular formula is C25H29N5O4. The van der Waals surface area contributed by atoms with Gasteiger partial charge >= 0.3 is 6.03 Å². The SMILES string of the molecule is Cc1ccc(OCCN2CCOCC2)cc1Nc1ncc(-c2cccc(N3CCNC3=O)c2)o1. The van der Waals surface area contributed by atoms with Crippen molar-refractivity contribution in [2.45, 2.75) is 6.92 Å². The van der Waals surface area contributed by atoms with Gasteiger partial charge in [0.05, 0.1) is 19.4 Å². The van der Waals surface area contributed by atoms with Gasteiger partial charge in [-0.2, -0.15) is 0 Å². The smallest absolute Gasteiger partial charge is 0.321 e. The lowest BCUT2D eigenvalue weighted by molar-refractivity contribution is 0.0322. The Morgan fingerprint density at radius 2 is 2.03 bits per heavy atom. The zero-order chi connectivity index (χ0) is 23.3. The molecule has 2 aliphatic heterocycles. The van der Waals surface area contributed by atoms with E-state index in [1.165, 1.54) is 0 Å². The second-order valence-electron chi connectivity index (χ2n) is 8.37. The van der Waals surface area contributed by atoms with Crippen molar-refractivity contribution in [3.63, 3.8) is 0 Å². The molecule has 2 saturated heterocycles. The number of carbonyl (C=O) groups is 1. The second kappa shape index (κ2) is 10.1. The van der Waals surface area contributed by atoms with Gasteiger partial charge in [-0.3, -0.25) is 9.80 Å². The number of aryl methyl sites for hydroxylation is 1. The lowest BCUT2D eigenvalue weighted by Crippen LogP contribution is -2.38. The second-order valence-corrected chi connectivity index (χ2v) is 8.37. The molecule has 2 fully saturated rings. The molecule has 9 nitrogen and oxygen atoms in total. The number of hydrogen-bond donors (Lipinski definition) is 2. The van der Waals surface area contributed by atoms with Crippen molar-refractivity contribution in [1.82, 2.24) is 15.2 Å². The summed E-state index contributed by atoms with van der Waals surface area (Å²) in [4.78, 5) is 20.4. The van der Waals surface area contributed by atoms with Crippen LogP contribution in [0.5, 0.6) is 5.75 Å². The van der Waals surface area contributed by atoms with E-state index in [4.69, 9.17) is 13.9 Å². The van der Waals surface area contributed by atoms with E-state index in [1.807, 2.05) is 49.4 Å². The van der Waals surface area contributed by atoms with Crippen LogP contribution >= 0.6 is 0 Å². The third kappa shape index (κ3) is 5.16. The maximum Gasteiger partial charge on any atom is 0.321 e. The number of rotatable bonds is 8. The molecule has 2 N–H and O–H groups in total. The molecule has 9 heteroatoms. The highest BCUT2D eigenvalue weighted by Gasteiger charge is 2.21. The molecule has 0 bridgehead atoms. The highest BCUT2D eigenvalue weighted by atomic mass is 16.5. The lowest BCUT2D eigenvalue weighted by atomic mass is 10.1. The highest BCUT2D eigenvalue weighted by molar-refractivity contribution is 5.94. The van der Waals surface area contributed by atoms with E-state index in [1.54, 1.807) is 11.1 Å². The fourth-order valence-electron chi connectivity index (χ4n) is 4.07. The van der Waals surface area contributed by atoms with E-state index in [2.05, 4.69) is 20.5 Å². The average Bonchev–Trinajstić information content (AvgIpc) is 3.51. The number of aromatic nitrogens is 1. The highest BCUT2D eigenvalue weighted by Crippen LogP contribution is 2.30. The Kier molecular flexibility index (Phi) is 6.64. The zero-order valence-electron chi connectivity index (χ0n) is 19.3. The summed E-state index contributed by atoms with van der Waals surface area (Å²) < 4.78 is 17.3. The van der Waals surface area contributed by atoms with Crippen molar-refractivity contribution in [1.29, 1.82) is 0 Å². The Balaban J connectivity index is 1.24. The van der Waals surface area contributed by atoms with Gasteiger partial charge in [0.2, 0.25) is 0 Å². The van der Waals surface area contributed by atoms with Crippen molar-refractivity contribution in [2.24, 2.45) is 0 Å². The zero-order valence-corrected chi connectivity index (χ0v) is 19.3. The van der Waals surface area contributed by atoms with Crippen LogP contribution in [0.2, 0.25) is 0 Å². The number of nitrogens with one attached hydrogen (secondary N) is 2. The van der Waals surface area contributed by atoms with Crippen LogP contribution in [0.1, 0.15) is 5.56 Å². The first-order valence-electron chi connectivity index (χ1n) is 11.6. The Morgan fingerprint density at radius 3 is 2.85 bits per heavy atom. The van der Waals surface area contributed by atoms with Gasteiger partial charge < -0.3 is 24.5 Å². The van der Waals surface area contributed by atoms with E-state index in [0.717, 1.165) is 61.1 Å². The molecule has 3 aromatic rings. The molecule has 0 radical (unpaired) electrons. The molecule has 2 aromatic carbocycles. The van der Waals surface area contributed by atoms with Crippen LogP contribution in [0.25, 0.3) is 11.3 Å². The molecule has 0 saturated carbocycles. The summed E-state index contributed by atoms with van der Waals surface area (Å²) in [5, 5.41) is 6.08. The number of carbonyl (C=O) groups excluding carboxylic acids is 1. The normalized spacial score (nSPS) is 16.5. The van der Waals surface area contributed by atoms with Crippen LogP contribution in [0.3, 0.4) is 0 Å². The Bertz CT molecular complexity index is 1140. The van der Waals surface area contributed by atoms with Gasteiger partial charge in [0.1, 0.15) is 12.4 Å². The van der Waals surface area contributed by atoms with E-state index < -0.39 is 0 Å². The van der Waals surface area contributed by atoms with Crippen molar-refractivity contribution in [3.05, 3.63) is 54.2 Å². The summed E-state index contributed by atoms with van der Waals surface area (Å²) in [5.41, 5.74) is 3.62. The first-order valence-corrected chi connectivity index (χ1v) is 11.6. The summed E-state index contributed by atoms with van der Waals surface area (Å²) in [6.45, 7) is 8.29. The Labute approximate surface area is 198 Å². The summed E-state index contributed by atoms with van der Waals surface area (Å²) in [7, 11) is 0. The van der Waals surface area contributed by atoms with Gasteiger partial charge in [0.25, 0.3) is 6.01 Å². The molecule has 0 atom stereocenters. The molecule has 5 rings (SSSR count). The predicted octanol–water partition coefficient (Wildman–Crippen LogP) is 3.63. The minimum atomic E-state index is -0.0837. The molecular weight excluding hydrogens is 434 g/mol. The van der Waals surface area contributed by atoms with E-state index in [-0.39, 0.29) is 6.03 Å². The van der Waals surface area contributed by atoms with E-state index in [9.17, 15) is 4.79 Å². The van der Waals surface area contributed by atoms with Gasteiger partial charge in [-0.1, -0.05) is 18.2 Å². The fourth-order valence-corrected chi connectivity index (χ4v) is 4.07. The number of benzene rings is 2. The third-order valence-electron chi connectivity index (χ3n) is 6.04. The number of oxazole rings is 1. The maximum absolute atomic E-state index is 12.0. The van der Waals surface area contributed by atoms with Gasteiger partial charge in [0, 0.05) is 55.7 Å². The van der Waals surface area contributed by atoms with Crippen LogP contribution in [-0.2, 0) is 4.74 Å². The van der Waals surface area contributed by atoms with E-state index >= 15 is 0 Å². The van der Waals surface area contributed by atoms with Crippen molar-refractivity contribution in [2.75, 3.05) is 62.8 Å². The van der Waals surface area contributed by atoms with Crippen LogP contribution < -0.4 is 20.3 Å². The molecule has 0 unspecified atom stereocenters. The summed E-state index contributed by atoms with van der Waals surface area (Å²) in [6.07, 6.45) is 1.68. The lowest BCUT2D eigenvalue weighted by Gasteiger charge is -2.26. The molecule has 178 valence electrons. The number of hydrogen-bond acceptors (Lipinski definition) is 7.